The van der Waals surface area contributed by atoms with Crippen LogP contribution in [-0.2, 0) is 14.6 Å². The Labute approximate surface area is 121 Å². The summed E-state index contributed by atoms with van der Waals surface area (Å²) in [5.41, 5.74) is 5.41. The third kappa shape index (κ3) is 5.51. The Morgan fingerprint density at radius 2 is 2.00 bits per heavy atom. The topological polar surface area (TPSA) is 80.5 Å². The Kier molecular flexibility index (Phi) is 7.03. The third-order valence-corrected chi connectivity index (χ3v) is 5.33. The molecule has 5 nitrogen and oxygen atoms in total. The monoisotopic (exact) mass is 300 g/mol. The van der Waals surface area contributed by atoms with Crippen molar-refractivity contribution in [2.45, 2.75) is 44.6 Å². The molecule has 1 saturated heterocycles. The van der Waals surface area contributed by atoms with Crippen LogP contribution in [0.25, 0.3) is 0 Å². The van der Waals surface area contributed by atoms with Gasteiger partial charge in [0.25, 0.3) is 0 Å². The highest BCUT2D eigenvalue weighted by Crippen LogP contribution is 2.19. The van der Waals surface area contributed by atoms with Gasteiger partial charge in [0.05, 0.1) is 18.1 Å². The molecule has 1 rings (SSSR count). The quantitative estimate of drug-likeness (QED) is 0.524. The molecule has 1 unspecified atom stereocenters. The first-order valence-electron chi connectivity index (χ1n) is 7.13. The molecule has 1 aliphatic heterocycles. The molecule has 0 saturated carbocycles. The van der Waals surface area contributed by atoms with E-state index in [1.807, 2.05) is 0 Å². The van der Waals surface area contributed by atoms with Crippen molar-refractivity contribution in [3.05, 3.63) is 0 Å². The largest absolute Gasteiger partial charge is 0.330 e. The first kappa shape index (κ1) is 17.0. The van der Waals surface area contributed by atoms with Crippen LogP contribution in [0, 0.1) is 12.3 Å². The summed E-state index contributed by atoms with van der Waals surface area (Å²) in [6.45, 7) is 0.874. The maximum Gasteiger partial charge on any atom is 0.223 e. The zero-order valence-electron chi connectivity index (χ0n) is 11.9. The molecule has 1 aliphatic rings. The Hall–Kier alpha value is -1.06. The summed E-state index contributed by atoms with van der Waals surface area (Å²) in [7, 11) is -3.00. The van der Waals surface area contributed by atoms with Gasteiger partial charge in [-0.3, -0.25) is 4.79 Å². The SMILES string of the molecule is C#CCN(C(=O)CCCCCCN)C1CCS(=O)(=O)C1. The summed E-state index contributed by atoms with van der Waals surface area (Å²) in [6, 6.07) is -0.243. The van der Waals surface area contributed by atoms with Crippen molar-refractivity contribution in [1.82, 2.24) is 4.90 Å². The molecule has 20 heavy (non-hydrogen) atoms. The minimum absolute atomic E-state index is 0.0298. The third-order valence-electron chi connectivity index (χ3n) is 3.58. The molecule has 1 heterocycles. The van der Waals surface area contributed by atoms with E-state index in [0.717, 1.165) is 25.7 Å². The van der Waals surface area contributed by atoms with E-state index in [9.17, 15) is 13.2 Å². The van der Waals surface area contributed by atoms with E-state index in [0.29, 0.717) is 19.4 Å². The normalized spacial score (nSPS) is 20.5. The van der Waals surface area contributed by atoms with Crippen molar-refractivity contribution in [2.24, 2.45) is 5.73 Å². The minimum atomic E-state index is -3.00. The molecule has 114 valence electrons. The van der Waals surface area contributed by atoms with E-state index in [4.69, 9.17) is 12.2 Å². The van der Waals surface area contributed by atoms with Crippen molar-refractivity contribution < 1.29 is 13.2 Å². The van der Waals surface area contributed by atoms with Crippen molar-refractivity contribution in [1.29, 1.82) is 0 Å². The lowest BCUT2D eigenvalue weighted by molar-refractivity contribution is -0.132. The average molecular weight is 300 g/mol. The number of hydrogen-bond donors (Lipinski definition) is 1. The number of carbonyl (C=O) groups excluding carboxylic acids is 1. The molecule has 0 radical (unpaired) electrons. The number of nitrogens with zero attached hydrogens (tertiary/aromatic N) is 1. The molecule has 0 aromatic carbocycles. The van der Waals surface area contributed by atoms with Gasteiger partial charge >= 0.3 is 0 Å². The van der Waals surface area contributed by atoms with Crippen LogP contribution >= 0.6 is 0 Å². The van der Waals surface area contributed by atoms with Gasteiger partial charge < -0.3 is 10.6 Å². The van der Waals surface area contributed by atoms with Gasteiger partial charge in [-0.2, -0.15) is 0 Å². The van der Waals surface area contributed by atoms with Gasteiger partial charge in [0, 0.05) is 12.5 Å². The van der Waals surface area contributed by atoms with Gasteiger partial charge in [-0.1, -0.05) is 18.8 Å². The lowest BCUT2D eigenvalue weighted by Gasteiger charge is -2.26. The standard InChI is InChI=1S/C14H24N2O3S/c1-2-10-16(13-8-11-20(18,19)12-13)14(17)7-5-3-4-6-9-15/h1,13H,3-12,15H2. The maximum absolute atomic E-state index is 12.2. The van der Waals surface area contributed by atoms with Crippen LogP contribution in [0.2, 0.25) is 0 Å². The van der Waals surface area contributed by atoms with Crippen molar-refractivity contribution in [2.75, 3.05) is 24.6 Å². The second kappa shape index (κ2) is 8.28. The van der Waals surface area contributed by atoms with Crippen LogP contribution in [0.1, 0.15) is 38.5 Å². The van der Waals surface area contributed by atoms with Crippen LogP contribution in [0.5, 0.6) is 0 Å². The fourth-order valence-corrected chi connectivity index (χ4v) is 4.19. The molecule has 0 bridgehead atoms. The highest BCUT2D eigenvalue weighted by Gasteiger charge is 2.33. The number of carbonyl (C=O) groups is 1. The Balaban J connectivity index is 2.45. The van der Waals surface area contributed by atoms with Gasteiger partial charge in [-0.15, -0.1) is 6.42 Å². The smallest absolute Gasteiger partial charge is 0.223 e. The lowest BCUT2D eigenvalue weighted by atomic mass is 10.1. The highest BCUT2D eigenvalue weighted by atomic mass is 32.2. The fourth-order valence-electron chi connectivity index (χ4n) is 2.46. The van der Waals surface area contributed by atoms with E-state index in [2.05, 4.69) is 5.92 Å². The van der Waals surface area contributed by atoms with Gasteiger partial charge in [0.1, 0.15) is 0 Å². The van der Waals surface area contributed by atoms with Crippen molar-refractivity contribution in [3.63, 3.8) is 0 Å². The average Bonchev–Trinajstić information content (AvgIpc) is 2.75. The Morgan fingerprint density at radius 3 is 2.55 bits per heavy atom. The number of amides is 1. The number of sulfone groups is 1. The number of rotatable bonds is 8. The van der Waals surface area contributed by atoms with E-state index in [-0.39, 0.29) is 30.0 Å². The summed E-state index contributed by atoms with van der Waals surface area (Å²) >= 11 is 0. The summed E-state index contributed by atoms with van der Waals surface area (Å²) < 4.78 is 23.0. The van der Waals surface area contributed by atoms with Crippen molar-refractivity contribution >= 4 is 15.7 Å². The zero-order chi connectivity index (χ0) is 15.0. The van der Waals surface area contributed by atoms with Crippen LogP contribution in [0.4, 0.5) is 0 Å². The molecule has 0 aromatic rings. The second-order valence-corrected chi connectivity index (χ2v) is 7.46. The van der Waals surface area contributed by atoms with E-state index >= 15 is 0 Å². The molecular formula is C14H24N2O3S. The van der Waals surface area contributed by atoms with Gasteiger partial charge in [0.2, 0.25) is 5.91 Å². The molecule has 2 N–H and O–H groups in total. The maximum atomic E-state index is 12.2. The van der Waals surface area contributed by atoms with Crippen LogP contribution in [0.15, 0.2) is 0 Å². The van der Waals surface area contributed by atoms with Crippen LogP contribution in [-0.4, -0.2) is 49.9 Å². The van der Waals surface area contributed by atoms with E-state index in [1.165, 1.54) is 0 Å². The molecule has 6 heteroatoms. The molecule has 1 atom stereocenters. The molecule has 1 amide bonds. The molecule has 0 aliphatic carbocycles. The predicted molar refractivity (Wildman–Crippen MR) is 79.7 cm³/mol. The lowest BCUT2D eigenvalue weighted by Crippen LogP contribution is -2.41. The second-order valence-electron chi connectivity index (χ2n) is 5.24. The number of hydrogen-bond acceptors (Lipinski definition) is 4. The first-order valence-corrected chi connectivity index (χ1v) is 8.95. The summed E-state index contributed by atoms with van der Waals surface area (Å²) in [5, 5.41) is 0. The number of nitrogens with two attached hydrogens (primary N) is 1. The summed E-state index contributed by atoms with van der Waals surface area (Å²) in [6.07, 6.45) is 10.00. The summed E-state index contributed by atoms with van der Waals surface area (Å²) in [5.74, 6) is 2.63. The minimum Gasteiger partial charge on any atom is -0.330 e. The first-order chi connectivity index (χ1) is 9.50. The predicted octanol–water partition coefficient (Wildman–Crippen LogP) is 0.545. The highest BCUT2D eigenvalue weighted by molar-refractivity contribution is 7.91. The molecule has 0 aromatic heterocycles. The van der Waals surface area contributed by atoms with Gasteiger partial charge in [0.15, 0.2) is 9.84 Å². The van der Waals surface area contributed by atoms with E-state index in [1.54, 1.807) is 4.90 Å². The summed E-state index contributed by atoms with van der Waals surface area (Å²) in [4.78, 5) is 13.7. The molecule has 1 fully saturated rings. The van der Waals surface area contributed by atoms with E-state index < -0.39 is 9.84 Å². The van der Waals surface area contributed by atoms with Crippen LogP contribution < -0.4 is 5.73 Å². The van der Waals surface area contributed by atoms with Gasteiger partial charge in [-0.25, -0.2) is 8.42 Å². The van der Waals surface area contributed by atoms with Gasteiger partial charge in [-0.05, 0) is 25.8 Å². The zero-order valence-corrected chi connectivity index (χ0v) is 12.7. The Morgan fingerprint density at radius 1 is 1.30 bits per heavy atom. The number of unbranched alkanes of at least 4 members (excludes halogenated alkanes) is 3. The Bertz CT molecular complexity index is 454. The molecular weight excluding hydrogens is 276 g/mol. The van der Waals surface area contributed by atoms with Crippen molar-refractivity contribution in [3.8, 4) is 12.3 Å². The molecule has 0 spiro atoms. The fraction of sp³-hybridized carbons (Fsp3) is 0.786. The number of terminal acetylenes is 1. The van der Waals surface area contributed by atoms with Crippen LogP contribution in [0.3, 0.4) is 0 Å².